The van der Waals surface area contributed by atoms with Gasteiger partial charge >= 0.3 is 0 Å². The Bertz CT molecular complexity index is 1080. The van der Waals surface area contributed by atoms with Gasteiger partial charge in [-0.25, -0.2) is 0 Å². The molecule has 0 bridgehead atoms. The minimum absolute atomic E-state index is 0.0761. The number of terminal acetylenes is 1. The quantitative estimate of drug-likeness (QED) is 0.393. The minimum Gasteiger partial charge on any atom is -0.548 e. The molecule has 7 nitrogen and oxygen atoms in total. The van der Waals surface area contributed by atoms with Gasteiger partial charge in [-0.2, -0.15) is 0 Å². The van der Waals surface area contributed by atoms with E-state index in [-0.39, 0.29) is 17.7 Å². The van der Waals surface area contributed by atoms with Gasteiger partial charge in [0.25, 0.3) is 11.8 Å². The fraction of sp³-hybridized carbons (Fsp3) is 0.174. The van der Waals surface area contributed by atoms with Crippen molar-refractivity contribution >= 4 is 29.4 Å². The predicted molar refractivity (Wildman–Crippen MR) is 107 cm³/mol. The number of hydrogen-bond acceptors (Lipinski definition) is 6. The second kappa shape index (κ2) is 8.97. The number of carboxylic acid groups (broad SMARTS) is 1. The number of fused-ring (bicyclic) bond motifs is 1. The lowest BCUT2D eigenvalue weighted by Crippen LogP contribution is -2.47. The molecule has 0 saturated heterocycles. The molecule has 0 unspecified atom stereocenters. The highest BCUT2D eigenvalue weighted by molar-refractivity contribution is 6.34. The maximum absolute atomic E-state index is 12.9. The van der Waals surface area contributed by atoms with E-state index in [2.05, 4.69) is 5.92 Å². The molecule has 0 aromatic heterocycles. The molecule has 2 amide bonds. The minimum atomic E-state index is -1.52. The van der Waals surface area contributed by atoms with Gasteiger partial charge in [-0.1, -0.05) is 30.2 Å². The smallest absolute Gasteiger partial charge is 0.261 e. The van der Waals surface area contributed by atoms with Crippen molar-refractivity contribution in [3.63, 3.8) is 0 Å². The Morgan fingerprint density at radius 2 is 1.83 bits per heavy atom. The number of ether oxygens (including phenoxy) is 2. The summed E-state index contributed by atoms with van der Waals surface area (Å²) in [6.45, 7) is 1.46. The van der Waals surface area contributed by atoms with Crippen LogP contribution in [0.5, 0.6) is 11.5 Å². The zero-order chi connectivity index (χ0) is 21.7. The van der Waals surface area contributed by atoms with Gasteiger partial charge in [-0.15, -0.1) is 6.42 Å². The number of rotatable bonds is 7. The van der Waals surface area contributed by atoms with Crippen LogP contribution in [0.1, 0.15) is 28.4 Å². The van der Waals surface area contributed by atoms with Crippen molar-refractivity contribution in [3.05, 3.63) is 59.2 Å². The molecular formula is C23H18NO6-. The summed E-state index contributed by atoms with van der Waals surface area (Å²) in [5.41, 5.74) is 1.45. The molecule has 0 N–H and O–H groups in total. The summed E-state index contributed by atoms with van der Waals surface area (Å²) >= 11 is 0. The first-order valence-electron chi connectivity index (χ1n) is 9.16. The van der Waals surface area contributed by atoms with Crippen molar-refractivity contribution in [3.8, 4) is 23.8 Å². The van der Waals surface area contributed by atoms with Crippen molar-refractivity contribution in [1.29, 1.82) is 0 Å². The summed E-state index contributed by atoms with van der Waals surface area (Å²) in [7, 11) is 0. The number of carbonyl (C=O) groups excluding carboxylic acids is 3. The van der Waals surface area contributed by atoms with Gasteiger partial charge in [0.15, 0.2) is 11.5 Å². The van der Waals surface area contributed by atoms with Crippen LogP contribution >= 0.6 is 0 Å². The molecule has 1 aliphatic rings. The van der Waals surface area contributed by atoms with E-state index in [1.807, 2.05) is 6.92 Å². The normalized spacial score (nSPS) is 14.3. The summed E-state index contributed by atoms with van der Waals surface area (Å²) in [6.07, 6.45) is 6.80. The highest BCUT2D eigenvalue weighted by atomic mass is 16.5. The van der Waals surface area contributed by atoms with E-state index in [1.54, 1.807) is 48.5 Å². The molecule has 2 aromatic rings. The third-order valence-electron chi connectivity index (χ3n) is 4.35. The molecule has 2 aromatic carbocycles. The Balaban J connectivity index is 2.08. The van der Waals surface area contributed by atoms with Gasteiger partial charge in [0.05, 0.1) is 19.1 Å². The van der Waals surface area contributed by atoms with Crippen LogP contribution in [0.15, 0.2) is 42.5 Å². The van der Waals surface area contributed by atoms with E-state index < -0.39 is 24.3 Å². The summed E-state index contributed by atoms with van der Waals surface area (Å²) < 4.78 is 11.1. The Kier molecular flexibility index (Phi) is 6.18. The average molecular weight is 404 g/mol. The third-order valence-corrected chi connectivity index (χ3v) is 4.35. The van der Waals surface area contributed by atoms with E-state index in [1.165, 1.54) is 0 Å². The molecule has 0 radical (unpaired) electrons. The molecule has 0 saturated carbocycles. The largest absolute Gasteiger partial charge is 0.548 e. The Morgan fingerprint density at radius 1 is 1.10 bits per heavy atom. The van der Waals surface area contributed by atoms with Gasteiger partial charge in [0, 0.05) is 11.1 Å². The molecule has 0 fully saturated rings. The molecule has 30 heavy (non-hydrogen) atoms. The van der Waals surface area contributed by atoms with Crippen molar-refractivity contribution in [2.75, 3.05) is 19.8 Å². The van der Waals surface area contributed by atoms with Crippen LogP contribution in [0.2, 0.25) is 0 Å². The number of nitrogens with zero attached hydrogens (tertiary/aromatic N) is 1. The number of aliphatic carboxylic acids is 1. The van der Waals surface area contributed by atoms with Gasteiger partial charge in [-0.05, 0) is 42.3 Å². The predicted octanol–water partition coefficient (Wildman–Crippen LogP) is 1.37. The van der Waals surface area contributed by atoms with Gasteiger partial charge in [0.1, 0.15) is 6.61 Å². The summed E-state index contributed by atoms with van der Waals surface area (Å²) in [5.74, 6) is 0.373. The number of carbonyl (C=O) groups is 3. The molecule has 152 valence electrons. The molecular weight excluding hydrogens is 386 g/mol. The number of amides is 2. The Labute approximate surface area is 173 Å². The summed E-state index contributed by atoms with van der Waals surface area (Å²) in [4.78, 5) is 37.2. The van der Waals surface area contributed by atoms with Crippen LogP contribution in [-0.4, -0.2) is 42.4 Å². The lowest BCUT2D eigenvalue weighted by Gasteiger charge is -2.28. The maximum Gasteiger partial charge on any atom is 0.261 e. The summed E-state index contributed by atoms with van der Waals surface area (Å²) in [6, 6.07) is 11.6. The van der Waals surface area contributed by atoms with Crippen molar-refractivity contribution in [2.24, 2.45) is 0 Å². The molecule has 0 atom stereocenters. The fourth-order valence-corrected chi connectivity index (χ4v) is 3.10. The molecule has 7 heteroatoms. The van der Waals surface area contributed by atoms with Gasteiger partial charge in [-0.3, -0.25) is 14.5 Å². The van der Waals surface area contributed by atoms with Crippen LogP contribution in [-0.2, 0) is 9.59 Å². The zero-order valence-electron chi connectivity index (χ0n) is 16.2. The van der Waals surface area contributed by atoms with E-state index in [4.69, 9.17) is 15.9 Å². The highest BCUT2D eigenvalue weighted by Gasteiger charge is 2.34. The Hall–Kier alpha value is -4.05. The van der Waals surface area contributed by atoms with Crippen molar-refractivity contribution in [1.82, 2.24) is 4.90 Å². The van der Waals surface area contributed by atoms with Gasteiger partial charge in [0.2, 0.25) is 0 Å². The van der Waals surface area contributed by atoms with Crippen LogP contribution in [0.4, 0.5) is 0 Å². The van der Waals surface area contributed by atoms with E-state index in [0.717, 1.165) is 0 Å². The lowest BCUT2D eigenvalue weighted by atomic mass is 9.92. The SMILES string of the molecule is C#CCOc1ccc(/C=C2\C(=O)N(CC(=O)[O-])C(=O)c3ccccc32)cc1OCC. The fourth-order valence-electron chi connectivity index (χ4n) is 3.10. The number of hydrogen-bond donors (Lipinski definition) is 0. The second-order valence-electron chi connectivity index (χ2n) is 6.30. The van der Waals surface area contributed by atoms with Crippen LogP contribution in [0, 0.1) is 12.3 Å². The third kappa shape index (κ3) is 4.18. The summed E-state index contributed by atoms with van der Waals surface area (Å²) in [5, 5.41) is 11.1. The second-order valence-corrected chi connectivity index (χ2v) is 6.30. The Morgan fingerprint density at radius 3 is 2.50 bits per heavy atom. The van der Waals surface area contributed by atoms with Gasteiger partial charge < -0.3 is 19.4 Å². The maximum atomic E-state index is 12.9. The monoisotopic (exact) mass is 404 g/mol. The average Bonchev–Trinajstić information content (AvgIpc) is 2.73. The topological polar surface area (TPSA) is 96.0 Å². The van der Waals surface area contributed by atoms with Crippen LogP contribution in [0.25, 0.3) is 11.6 Å². The van der Waals surface area contributed by atoms with Crippen LogP contribution in [0.3, 0.4) is 0 Å². The van der Waals surface area contributed by atoms with Crippen molar-refractivity contribution < 1.29 is 29.0 Å². The standard InChI is InChI=1S/C23H19NO6/c1-3-11-30-19-10-9-15(13-20(19)29-4-2)12-18-16-7-5-6-8-17(16)22(27)24(23(18)28)14-21(25)26/h1,5-10,12-13H,4,11,14H2,2H3,(H,25,26)/p-1/b18-12-. The molecule has 1 aliphatic heterocycles. The highest BCUT2D eigenvalue weighted by Crippen LogP contribution is 2.33. The molecule has 0 spiro atoms. The van der Waals surface area contributed by atoms with Crippen molar-refractivity contribution in [2.45, 2.75) is 6.92 Å². The molecule has 1 heterocycles. The number of imide groups is 1. The first-order valence-corrected chi connectivity index (χ1v) is 9.16. The van der Waals surface area contributed by atoms with E-state index in [0.29, 0.717) is 34.1 Å². The number of carboxylic acids is 1. The molecule has 3 rings (SSSR count). The first kappa shape index (κ1) is 20.7. The number of benzene rings is 2. The van der Waals surface area contributed by atoms with E-state index in [9.17, 15) is 19.5 Å². The first-order chi connectivity index (χ1) is 14.5. The lowest BCUT2D eigenvalue weighted by molar-refractivity contribution is -0.305. The molecule has 0 aliphatic carbocycles. The zero-order valence-corrected chi connectivity index (χ0v) is 16.2. The van der Waals surface area contributed by atoms with E-state index >= 15 is 0 Å². The van der Waals surface area contributed by atoms with Crippen LogP contribution < -0.4 is 14.6 Å².